The van der Waals surface area contributed by atoms with E-state index in [1.165, 1.54) is 6.07 Å². The third-order valence-corrected chi connectivity index (χ3v) is 2.60. The Labute approximate surface area is 82.1 Å². The van der Waals surface area contributed by atoms with Gasteiger partial charge in [-0.15, -0.1) is 0 Å². The summed E-state index contributed by atoms with van der Waals surface area (Å²) in [5, 5.41) is 3.21. The molecule has 1 aromatic carbocycles. The maximum absolute atomic E-state index is 13.0. The molecule has 1 aliphatic heterocycles. The Morgan fingerprint density at radius 1 is 1.29 bits per heavy atom. The summed E-state index contributed by atoms with van der Waals surface area (Å²) in [6.07, 6.45) is 0.846. The second-order valence-corrected chi connectivity index (χ2v) is 3.80. The fourth-order valence-electron chi connectivity index (χ4n) is 1.75. The van der Waals surface area contributed by atoms with Crippen LogP contribution in [0, 0.1) is 0 Å². The highest BCUT2D eigenvalue weighted by atomic mass is 19.3. The molecule has 1 nitrogen and oxygen atoms in total. The molecule has 0 bridgehead atoms. The molecule has 76 valence electrons. The molecule has 0 aromatic heterocycles. The summed E-state index contributed by atoms with van der Waals surface area (Å²) in [6.45, 7) is 2.62. The quantitative estimate of drug-likeness (QED) is 0.729. The Morgan fingerprint density at radius 3 is 2.79 bits per heavy atom. The first-order valence-corrected chi connectivity index (χ1v) is 4.78. The summed E-state index contributed by atoms with van der Waals surface area (Å²) in [6, 6.07) is 4.95. The third-order valence-electron chi connectivity index (χ3n) is 2.60. The molecule has 0 fully saturated rings. The highest BCUT2D eigenvalue weighted by Crippen LogP contribution is 2.29. The lowest BCUT2D eigenvalue weighted by molar-refractivity contribution is 0.0173. The highest BCUT2D eigenvalue weighted by Gasteiger charge is 2.25. The first-order valence-electron chi connectivity index (χ1n) is 4.78. The zero-order valence-corrected chi connectivity index (χ0v) is 8.11. The van der Waals surface area contributed by atoms with Gasteiger partial charge in [0.05, 0.1) is 0 Å². The Bertz CT molecular complexity index is 342. The van der Waals surface area contributed by atoms with Crippen molar-refractivity contribution in [2.45, 2.75) is 25.8 Å². The molecule has 3 heteroatoms. The summed E-state index contributed by atoms with van der Waals surface area (Å²) in [5.74, 6) is -2.72. The average molecular weight is 197 g/mol. The molecule has 0 radical (unpaired) electrons. The molecule has 0 unspecified atom stereocenters. The summed E-state index contributed by atoms with van der Waals surface area (Å²) in [7, 11) is 0. The van der Waals surface area contributed by atoms with E-state index in [0.29, 0.717) is 0 Å². The maximum Gasteiger partial charge on any atom is 0.270 e. The molecule has 2 rings (SSSR count). The van der Waals surface area contributed by atoms with Gasteiger partial charge >= 0.3 is 0 Å². The second-order valence-electron chi connectivity index (χ2n) is 3.80. The number of alkyl halides is 2. The fraction of sp³-hybridized carbons (Fsp3) is 0.455. The third kappa shape index (κ3) is 1.77. The molecule has 0 aliphatic carbocycles. The molecule has 0 spiro atoms. The largest absolute Gasteiger partial charge is 0.312 e. The van der Waals surface area contributed by atoms with Gasteiger partial charge in [-0.2, -0.15) is 0 Å². The average Bonchev–Trinajstić information content (AvgIpc) is 2.16. The van der Waals surface area contributed by atoms with Crippen LogP contribution >= 0.6 is 0 Å². The molecule has 14 heavy (non-hydrogen) atoms. The monoisotopic (exact) mass is 197 g/mol. The molecule has 1 N–H and O–H groups in total. The lowest BCUT2D eigenvalue weighted by atomic mass is 9.96. The van der Waals surface area contributed by atoms with E-state index in [1.807, 2.05) is 0 Å². The molecule has 1 aliphatic rings. The van der Waals surface area contributed by atoms with E-state index in [1.54, 1.807) is 12.1 Å². The van der Waals surface area contributed by atoms with Crippen molar-refractivity contribution in [3.8, 4) is 0 Å². The Kier molecular flexibility index (Phi) is 2.27. The van der Waals surface area contributed by atoms with E-state index in [2.05, 4.69) is 5.32 Å². The van der Waals surface area contributed by atoms with Gasteiger partial charge in [0.1, 0.15) is 0 Å². The maximum atomic E-state index is 13.0. The Morgan fingerprint density at radius 2 is 2.07 bits per heavy atom. The standard InChI is InChI=1S/C11H13F2N/c1-11(12,13)10-3-2-9-7-14-5-4-8(9)6-10/h2-3,6,14H,4-5,7H2,1H3. The zero-order valence-electron chi connectivity index (χ0n) is 8.11. The number of nitrogens with one attached hydrogen (secondary N) is 1. The summed E-state index contributed by atoms with van der Waals surface area (Å²) in [5.41, 5.74) is 2.32. The SMILES string of the molecule is CC(F)(F)c1ccc2c(c1)CCNC2. The summed E-state index contributed by atoms with van der Waals surface area (Å²) < 4.78 is 26.0. The van der Waals surface area contributed by atoms with Crippen LogP contribution in [0.2, 0.25) is 0 Å². The van der Waals surface area contributed by atoms with E-state index in [9.17, 15) is 8.78 Å². The van der Waals surface area contributed by atoms with Crippen molar-refractivity contribution < 1.29 is 8.78 Å². The van der Waals surface area contributed by atoms with Crippen LogP contribution in [-0.4, -0.2) is 6.54 Å². The van der Waals surface area contributed by atoms with Crippen molar-refractivity contribution in [2.24, 2.45) is 0 Å². The van der Waals surface area contributed by atoms with Gasteiger partial charge in [-0.3, -0.25) is 0 Å². The minimum Gasteiger partial charge on any atom is -0.312 e. The molecular weight excluding hydrogens is 184 g/mol. The summed E-state index contributed by atoms with van der Waals surface area (Å²) >= 11 is 0. The van der Waals surface area contributed by atoms with Gasteiger partial charge < -0.3 is 5.32 Å². The first-order chi connectivity index (χ1) is 6.57. The minimum atomic E-state index is -2.72. The highest BCUT2D eigenvalue weighted by molar-refractivity contribution is 5.35. The van der Waals surface area contributed by atoms with Gasteiger partial charge in [-0.1, -0.05) is 12.1 Å². The van der Waals surface area contributed by atoms with Gasteiger partial charge in [0.2, 0.25) is 0 Å². The Hall–Kier alpha value is -0.960. The van der Waals surface area contributed by atoms with Crippen LogP contribution in [0.15, 0.2) is 18.2 Å². The molecule has 1 aromatic rings. The van der Waals surface area contributed by atoms with E-state index < -0.39 is 5.92 Å². The van der Waals surface area contributed by atoms with Crippen LogP contribution in [0.25, 0.3) is 0 Å². The number of halogens is 2. The number of hydrogen-bond donors (Lipinski definition) is 1. The predicted octanol–water partition coefficient (Wildman–Crippen LogP) is 2.44. The number of benzene rings is 1. The lowest BCUT2D eigenvalue weighted by Crippen LogP contribution is -2.24. The van der Waals surface area contributed by atoms with Gasteiger partial charge in [-0.05, 0) is 30.2 Å². The van der Waals surface area contributed by atoms with Crippen molar-refractivity contribution in [3.63, 3.8) is 0 Å². The van der Waals surface area contributed by atoms with Crippen LogP contribution in [0.4, 0.5) is 8.78 Å². The van der Waals surface area contributed by atoms with E-state index >= 15 is 0 Å². The van der Waals surface area contributed by atoms with Gasteiger partial charge in [0.15, 0.2) is 0 Å². The Balaban J connectivity index is 2.39. The normalized spacial score (nSPS) is 16.5. The van der Waals surface area contributed by atoms with Crippen molar-refractivity contribution in [1.29, 1.82) is 0 Å². The molecule has 0 amide bonds. The number of fused-ring (bicyclic) bond motifs is 1. The molecular formula is C11H13F2N. The van der Waals surface area contributed by atoms with Crippen LogP contribution in [0.1, 0.15) is 23.6 Å². The van der Waals surface area contributed by atoms with E-state index in [0.717, 1.165) is 37.6 Å². The second kappa shape index (κ2) is 3.31. The minimum absolute atomic E-state index is 0.123. The van der Waals surface area contributed by atoms with Crippen molar-refractivity contribution >= 4 is 0 Å². The molecule has 1 heterocycles. The number of rotatable bonds is 1. The lowest BCUT2D eigenvalue weighted by Gasteiger charge is -2.19. The van der Waals surface area contributed by atoms with Crippen LogP contribution in [0.3, 0.4) is 0 Å². The molecule has 0 atom stereocenters. The van der Waals surface area contributed by atoms with E-state index in [-0.39, 0.29) is 5.56 Å². The number of hydrogen-bond acceptors (Lipinski definition) is 1. The van der Waals surface area contributed by atoms with Gasteiger partial charge in [0.25, 0.3) is 5.92 Å². The predicted molar refractivity (Wildman–Crippen MR) is 51.4 cm³/mol. The first kappa shape index (κ1) is 9.59. The smallest absolute Gasteiger partial charge is 0.270 e. The zero-order chi connectivity index (χ0) is 10.2. The van der Waals surface area contributed by atoms with E-state index in [4.69, 9.17) is 0 Å². The van der Waals surface area contributed by atoms with Crippen LogP contribution < -0.4 is 5.32 Å². The fourth-order valence-corrected chi connectivity index (χ4v) is 1.75. The van der Waals surface area contributed by atoms with Crippen molar-refractivity contribution in [2.75, 3.05) is 6.54 Å². The molecule has 0 saturated carbocycles. The topological polar surface area (TPSA) is 12.0 Å². The van der Waals surface area contributed by atoms with Crippen LogP contribution in [-0.2, 0) is 18.9 Å². The summed E-state index contributed by atoms with van der Waals surface area (Å²) in [4.78, 5) is 0. The van der Waals surface area contributed by atoms with Gasteiger partial charge in [0, 0.05) is 19.0 Å². The van der Waals surface area contributed by atoms with Crippen molar-refractivity contribution in [1.82, 2.24) is 5.32 Å². The van der Waals surface area contributed by atoms with Crippen LogP contribution in [0.5, 0.6) is 0 Å². The van der Waals surface area contributed by atoms with Gasteiger partial charge in [-0.25, -0.2) is 8.78 Å². The van der Waals surface area contributed by atoms with Crippen molar-refractivity contribution in [3.05, 3.63) is 34.9 Å². The molecule has 0 saturated heterocycles.